The summed E-state index contributed by atoms with van der Waals surface area (Å²) >= 11 is 0. The summed E-state index contributed by atoms with van der Waals surface area (Å²) in [5.41, 5.74) is 6.55. The van der Waals surface area contributed by atoms with Gasteiger partial charge in [-0.2, -0.15) is 0 Å². The summed E-state index contributed by atoms with van der Waals surface area (Å²) in [5.74, 6) is 1.12. The number of nitrogens with zero attached hydrogens (tertiary/aromatic N) is 2. The zero-order valence-electron chi connectivity index (χ0n) is 11.4. The molecule has 1 saturated heterocycles. The third-order valence-electron chi connectivity index (χ3n) is 3.46. The second kappa shape index (κ2) is 6.52. The Labute approximate surface area is 114 Å². The number of hydrogen-bond donors (Lipinski definition) is 2. The molecule has 0 spiro atoms. The number of carbonyl (C=O) groups excluding carboxylic acids is 1. The molecule has 5 nitrogen and oxygen atoms in total. The van der Waals surface area contributed by atoms with Crippen LogP contribution in [0.15, 0.2) is 18.3 Å². The molecule has 1 aliphatic heterocycles. The van der Waals surface area contributed by atoms with Crippen molar-refractivity contribution in [3.05, 3.63) is 23.9 Å². The normalized spacial score (nSPS) is 19.3. The van der Waals surface area contributed by atoms with Crippen LogP contribution in [0.2, 0.25) is 0 Å². The SMILES string of the molecule is Cc1ccc(N2CCCC(C(=O)NCCN)C2)nc1. The average Bonchev–Trinajstić information content (AvgIpc) is 2.45. The highest BCUT2D eigenvalue weighted by molar-refractivity contribution is 5.79. The topological polar surface area (TPSA) is 71.2 Å². The molecule has 1 fully saturated rings. The van der Waals surface area contributed by atoms with Gasteiger partial charge in [-0.3, -0.25) is 4.79 Å². The highest BCUT2D eigenvalue weighted by atomic mass is 16.1. The van der Waals surface area contributed by atoms with Crippen molar-refractivity contribution in [1.82, 2.24) is 10.3 Å². The Morgan fingerprint density at radius 2 is 2.42 bits per heavy atom. The van der Waals surface area contributed by atoms with Crippen molar-refractivity contribution in [2.45, 2.75) is 19.8 Å². The van der Waals surface area contributed by atoms with E-state index in [0.29, 0.717) is 13.1 Å². The fraction of sp³-hybridized carbons (Fsp3) is 0.571. The maximum atomic E-state index is 12.0. The van der Waals surface area contributed by atoms with Crippen LogP contribution in [0.1, 0.15) is 18.4 Å². The molecular weight excluding hydrogens is 240 g/mol. The van der Waals surface area contributed by atoms with E-state index in [-0.39, 0.29) is 11.8 Å². The fourth-order valence-corrected chi connectivity index (χ4v) is 2.39. The van der Waals surface area contributed by atoms with E-state index >= 15 is 0 Å². The summed E-state index contributed by atoms with van der Waals surface area (Å²) in [6.45, 7) is 4.78. The molecule has 19 heavy (non-hydrogen) atoms. The van der Waals surface area contributed by atoms with Gasteiger partial charge in [0.15, 0.2) is 0 Å². The smallest absolute Gasteiger partial charge is 0.224 e. The van der Waals surface area contributed by atoms with Gasteiger partial charge in [-0.05, 0) is 31.4 Å². The molecule has 0 radical (unpaired) electrons. The summed E-state index contributed by atoms with van der Waals surface area (Å²) in [6.07, 6.45) is 3.84. The van der Waals surface area contributed by atoms with E-state index < -0.39 is 0 Å². The van der Waals surface area contributed by atoms with Gasteiger partial charge in [0, 0.05) is 32.4 Å². The van der Waals surface area contributed by atoms with Crippen molar-refractivity contribution < 1.29 is 4.79 Å². The maximum Gasteiger partial charge on any atom is 0.224 e. The molecule has 2 heterocycles. The van der Waals surface area contributed by atoms with Crippen LogP contribution < -0.4 is 16.0 Å². The number of amides is 1. The molecular formula is C14H22N4O. The summed E-state index contributed by atoms with van der Waals surface area (Å²) in [5, 5.41) is 2.87. The second-order valence-corrected chi connectivity index (χ2v) is 5.06. The number of pyridine rings is 1. The molecule has 1 aliphatic rings. The molecule has 1 aromatic rings. The van der Waals surface area contributed by atoms with E-state index in [1.165, 1.54) is 0 Å². The van der Waals surface area contributed by atoms with Crippen molar-refractivity contribution in [3.63, 3.8) is 0 Å². The zero-order valence-corrected chi connectivity index (χ0v) is 11.4. The lowest BCUT2D eigenvalue weighted by Crippen LogP contribution is -2.44. The van der Waals surface area contributed by atoms with Crippen LogP contribution in [0.3, 0.4) is 0 Å². The Morgan fingerprint density at radius 1 is 1.58 bits per heavy atom. The van der Waals surface area contributed by atoms with Crippen LogP contribution in [0.25, 0.3) is 0 Å². The van der Waals surface area contributed by atoms with Crippen LogP contribution in [0, 0.1) is 12.8 Å². The van der Waals surface area contributed by atoms with Crippen LogP contribution >= 0.6 is 0 Å². The van der Waals surface area contributed by atoms with Crippen molar-refractivity contribution in [2.75, 3.05) is 31.1 Å². The number of carbonyl (C=O) groups is 1. The van der Waals surface area contributed by atoms with Gasteiger partial charge in [0.1, 0.15) is 5.82 Å². The first-order chi connectivity index (χ1) is 9.20. The molecule has 5 heteroatoms. The van der Waals surface area contributed by atoms with E-state index in [4.69, 9.17) is 5.73 Å². The fourth-order valence-electron chi connectivity index (χ4n) is 2.39. The molecule has 0 aromatic carbocycles. The summed E-state index contributed by atoms with van der Waals surface area (Å²) in [4.78, 5) is 18.6. The van der Waals surface area contributed by atoms with Crippen LogP contribution in [-0.4, -0.2) is 37.1 Å². The first-order valence-electron chi connectivity index (χ1n) is 6.86. The lowest BCUT2D eigenvalue weighted by Gasteiger charge is -2.32. The third-order valence-corrected chi connectivity index (χ3v) is 3.46. The molecule has 0 bridgehead atoms. The molecule has 1 aromatic heterocycles. The lowest BCUT2D eigenvalue weighted by atomic mass is 9.97. The maximum absolute atomic E-state index is 12.0. The first-order valence-corrected chi connectivity index (χ1v) is 6.86. The summed E-state index contributed by atoms with van der Waals surface area (Å²) in [6, 6.07) is 4.08. The minimum atomic E-state index is 0.0448. The predicted molar refractivity (Wildman–Crippen MR) is 76.0 cm³/mol. The number of anilines is 1. The number of piperidine rings is 1. The van der Waals surface area contributed by atoms with E-state index in [9.17, 15) is 4.79 Å². The van der Waals surface area contributed by atoms with Gasteiger partial charge < -0.3 is 16.0 Å². The molecule has 0 saturated carbocycles. The lowest BCUT2D eigenvalue weighted by molar-refractivity contribution is -0.125. The zero-order chi connectivity index (χ0) is 13.7. The number of hydrogen-bond acceptors (Lipinski definition) is 4. The summed E-state index contributed by atoms with van der Waals surface area (Å²) in [7, 11) is 0. The van der Waals surface area contributed by atoms with E-state index in [0.717, 1.165) is 37.3 Å². The Morgan fingerprint density at radius 3 is 3.11 bits per heavy atom. The van der Waals surface area contributed by atoms with Gasteiger partial charge in [-0.1, -0.05) is 6.07 Å². The van der Waals surface area contributed by atoms with E-state index in [1.54, 1.807) is 0 Å². The van der Waals surface area contributed by atoms with E-state index in [2.05, 4.69) is 21.3 Å². The largest absolute Gasteiger partial charge is 0.356 e. The minimum Gasteiger partial charge on any atom is -0.356 e. The number of rotatable bonds is 4. The molecule has 104 valence electrons. The third kappa shape index (κ3) is 3.67. The highest BCUT2D eigenvalue weighted by Gasteiger charge is 2.26. The number of nitrogens with two attached hydrogens (primary N) is 1. The molecule has 0 aliphatic carbocycles. The average molecular weight is 262 g/mol. The summed E-state index contributed by atoms with van der Waals surface area (Å²) < 4.78 is 0. The number of aryl methyl sites for hydroxylation is 1. The van der Waals surface area contributed by atoms with E-state index in [1.807, 2.05) is 19.2 Å². The van der Waals surface area contributed by atoms with Crippen molar-refractivity contribution >= 4 is 11.7 Å². The van der Waals surface area contributed by atoms with Crippen molar-refractivity contribution in [2.24, 2.45) is 11.7 Å². The highest BCUT2D eigenvalue weighted by Crippen LogP contribution is 2.21. The van der Waals surface area contributed by atoms with Crippen LogP contribution in [0.4, 0.5) is 5.82 Å². The Kier molecular flexibility index (Phi) is 4.74. The second-order valence-electron chi connectivity index (χ2n) is 5.06. The quantitative estimate of drug-likeness (QED) is 0.837. The molecule has 3 N–H and O–H groups in total. The first kappa shape index (κ1) is 13.8. The van der Waals surface area contributed by atoms with Crippen molar-refractivity contribution in [1.29, 1.82) is 0 Å². The number of nitrogens with one attached hydrogen (secondary N) is 1. The molecule has 2 rings (SSSR count). The Bertz CT molecular complexity index is 418. The Hall–Kier alpha value is -1.62. The minimum absolute atomic E-state index is 0.0448. The van der Waals surface area contributed by atoms with Crippen molar-refractivity contribution in [3.8, 4) is 0 Å². The predicted octanol–water partition coefficient (Wildman–Crippen LogP) is 0.681. The van der Waals surface area contributed by atoms with Gasteiger partial charge in [0.2, 0.25) is 5.91 Å². The van der Waals surface area contributed by atoms with Crippen LogP contribution in [0.5, 0.6) is 0 Å². The van der Waals surface area contributed by atoms with Gasteiger partial charge in [-0.25, -0.2) is 4.98 Å². The number of aromatic nitrogens is 1. The van der Waals surface area contributed by atoms with Gasteiger partial charge in [0.05, 0.1) is 5.92 Å². The Balaban J connectivity index is 1.96. The standard InChI is InChI=1S/C14H22N4O/c1-11-4-5-13(17-9-11)18-8-2-3-12(10-18)14(19)16-7-6-15/h4-5,9,12H,2-3,6-8,10,15H2,1H3,(H,16,19). The van der Waals surface area contributed by atoms with Gasteiger partial charge in [0.25, 0.3) is 0 Å². The van der Waals surface area contributed by atoms with Gasteiger partial charge in [-0.15, -0.1) is 0 Å². The van der Waals surface area contributed by atoms with Crippen LogP contribution in [-0.2, 0) is 4.79 Å². The van der Waals surface area contributed by atoms with Gasteiger partial charge >= 0.3 is 0 Å². The molecule has 1 unspecified atom stereocenters. The molecule has 1 atom stereocenters. The monoisotopic (exact) mass is 262 g/mol. The molecule has 1 amide bonds.